The fourth-order valence-corrected chi connectivity index (χ4v) is 2.31. The topological polar surface area (TPSA) is 67.9 Å². The molecule has 1 heterocycles. The summed E-state index contributed by atoms with van der Waals surface area (Å²) in [6, 6.07) is 0. The number of carbonyl (C=O) groups excluding carboxylic acids is 2. The highest BCUT2D eigenvalue weighted by atomic mass is 16.6. The Morgan fingerprint density at radius 2 is 1.82 bits per heavy atom. The van der Waals surface area contributed by atoms with Crippen molar-refractivity contribution in [2.24, 2.45) is 0 Å². The van der Waals surface area contributed by atoms with Gasteiger partial charge in [-0.3, -0.25) is 4.79 Å². The first-order chi connectivity index (χ1) is 10.2. The van der Waals surface area contributed by atoms with Gasteiger partial charge in [0.25, 0.3) is 0 Å². The molecule has 6 nitrogen and oxygen atoms in total. The summed E-state index contributed by atoms with van der Waals surface area (Å²) in [5.41, 5.74) is -0.685. The van der Waals surface area contributed by atoms with Gasteiger partial charge in [-0.2, -0.15) is 0 Å². The molecule has 0 bridgehead atoms. The van der Waals surface area contributed by atoms with E-state index < -0.39 is 5.60 Å². The van der Waals surface area contributed by atoms with Crippen molar-refractivity contribution in [1.82, 2.24) is 10.2 Å². The van der Waals surface area contributed by atoms with Crippen LogP contribution in [-0.2, 0) is 14.3 Å². The first kappa shape index (κ1) is 18.7. The maximum atomic E-state index is 12.0. The molecule has 1 aliphatic heterocycles. The van der Waals surface area contributed by atoms with Gasteiger partial charge in [0.05, 0.1) is 5.60 Å². The van der Waals surface area contributed by atoms with E-state index in [0.717, 1.165) is 12.8 Å². The molecule has 1 fully saturated rings. The van der Waals surface area contributed by atoms with Crippen molar-refractivity contribution in [1.29, 1.82) is 0 Å². The number of nitrogens with zero attached hydrogens (tertiary/aromatic N) is 1. The largest absolute Gasteiger partial charge is 0.444 e. The van der Waals surface area contributed by atoms with Crippen molar-refractivity contribution < 1.29 is 19.1 Å². The molecule has 0 radical (unpaired) electrons. The lowest BCUT2D eigenvalue weighted by Gasteiger charge is -2.39. The van der Waals surface area contributed by atoms with Gasteiger partial charge in [0, 0.05) is 33.2 Å². The van der Waals surface area contributed by atoms with Crippen LogP contribution in [0.4, 0.5) is 4.79 Å². The van der Waals surface area contributed by atoms with Crippen LogP contribution in [0.5, 0.6) is 0 Å². The third-order valence-corrected chi connectivity index (χ3v) is 3.75. The van der Waals surface area contributed by atoms with Gasteiger partial charge < -0.3 is 19.7 Å². The highest BCUT2D eigenvalue weighted by molar-refractivity contribution is 5.75. The Balaban J connectivity index is 2.31. The SMILES string of the molecule is CNC(=O)CCCOC1(C)CCN(C(=O)OC(C)(C)C)CC1. The molecule has 2 amide bonds. The van der Waals surface area contributed by atoms with Gasteiger partial charge in [-0.15, -0.1) is 0 Å². The summed E-state index contributed by atoms with van der Waals surface area (Å²) in [6.45, 7) is 9.52. The first-order valence-corrected chi connectivity index (χ1v) is 7.98. The van der Waals surface area contributed by atoms with Crippen LogP contribution in [0.2, 0.25) is 0 Å². The zero-order chi connectivity index (χ0) is 16.8. The van der Waals surface area contributed by atoms with Gasteiger partial charge in [0.15, 0.2) is 0 Å². The summed E-state index contributed by atoms with van der Waals surface area (Å²) in [6.07, 6.45) is 2.51. The van der Waals surface area contributed by atoms with Crippen LogP contribution in [0.3, 0.4) is 0 Å². The molecule has 1 rings (SSSR count). The number of rotatable bonds is 5. The Morgan fingerprint density at radius 1 is 1.23 bits per heavy atom. The Kier molecular flexibility index (Phi) is 6.66. The number of nitrogens with one attached hydrogen (secondary N) is 1. The van der Waals surface area contributed by atoms with Crippen LogP contribution < -0.4 is 5.32 Å². The van der Waals surface area contributed by atoms with Gasteiger partial charge in [-0.1, -0.05) is 0 Å². The highest BCUT2D eigenvalue weighted by Crippen LogP contribution is 2.27. The summed E-state index contributed by atoms with van der Waals surface area (Å²) >= 11 is 0. The number of hydrogen-bond acceptors (Lipinski definition) is 4. The minimum Gasteiger partial charge on any atom is -0.444 e. The lowest BCUT2D eigenvalue weighted by Crippen LogP contribution is -2.48. The molecule has 0 aromatic rings. The van der Waals surface area contributed by atoms with Crippen LogP contribution in [0.15, 0.2) is 0 Å². The van der Waals surface area contributed by atoms with Gasteiger partial charge >= 0.3 is 6.09 Å². The molecule has 22 heavy (non-hydrogen) atoms. The Hall–Kier alpha value is -1.30. The van der Waals surface area contributed by atoms with E-state index in [9.17, 15) is 9.59 Å². The lowest BCUT2D eigenvalue weighted by atomic mass is 9.93. The smallest absolute Gasteiger partial charge is 0.410 e. The minimum atomic E-state index is -0.464. The predicted octanol–water partition coefficient (Wildman–Crippen LogP) is 2.32. The number of amides is 2. The Labute approximate surface area is 133 Å². The molecule has 0 aliphatic carbocycles. The van der Waals surface area contributed by atoms with E-state index in [4.69, 9.17) is 9.47 Å². The fraction of sp³-hybridized carbons (Fsp3) is 0.875. The molecule has 1 saturated heterocycles. The third-order valence-electron chi connectivity index (χ3n) is 3.75. The van der Waals surface area contributed by atoms with Gasteiger partial charge in [0.2, 0.25) is 5.91 Å². The minimum absolute atomic E-state index is 0.0356. The van der Waals surface area contributed by atoms with E-state index in [1.165, 1.54) is 0 Å². The fourth-order valence-electron chi connectivity index (χ4n) is 2.31. The molecular weight excluding hydrogens is 284 g/mol. The maximum Gasteiger partial charge on any atom is 0.410 e. The number of carbonyl (C=O) groups is 2. The van der Waals surface area contributed by atoms with E-state index in [0.29, 0.717) is 32.5 Å². The van der Waals surface area contributed by atoms with E-state index in [1.807, 2.05) is 20.8 Å². The number of likely N-dealkylation sites (tertiary alicyclic amines) is 1. The molecule has 0 unspecified atom stereocenters. The normalized spacial score (nSPS) is 18.0. The second-order valence-corrected chi connectivity index (χ2v) is 7.04. The van der Waals surface area contributed by atoms with Crippen molar-refractivity contribution in [3.63, 3.8) is 0 Å². The number of hydrogen-bond donors (Lipinski definition) is 1. The summed E-state index contributed by atoms with van der Waals surface area (Å²) in [5, 5.41) is 2.60. The van der Waals surface area contributed by atoms with Crippen molar-refractivity contribution >= 4 is 12.0 Å². The average Bonchev–Trinajstić information content (AvgIpc) is 2.42. The summed E-state index contributed by atoms with van der Waals surface area (Å²) in [7, 11) is 1.64. The molecule has 1 aliphatic rings. The quantitative estimate of drug-likeness (QED) is 0.791. The van der Waals surface area contributed by atoms with Crippen LogP contribution >= 0.6 is 0 Å². The number of piperidine rings is 1. The molecule has 0 saturated carbocycles. The van der Waals surface area contributed by atoms with Crippen LogP contribution in [0.25, 0.3) is 0 Å². The number of ether oxygens (including phenoxy) is 2. The molecule has 0 aromatic carbocycles. The van der Waals surface area contributed by atoms with E-state index in [2.05, 4.69) is 12.2 Å². The summed E-state index contributed by atoms with van der Waals surface area (Å²) in [5.74, 6) is 0.0356. The third kappa shape index (κ3) is 6.64. The van der Waals surface area contributed by atoms with E-state index >= 15 is 0 Å². The zero-order valence-electron chi connectivity index (χ0n) is 14.5. The van der Waals surface area contributed by atoms with Crippen molar-refractivity contribution in [2.45, 2.75) is 64.6 Å². The first-order valence-electron chi connectivity index (χ1n) is 7.98. The van der Waals surface area contributed by atoms with Crippen LogP contribution in [0, 0.1) is 0 Å². The second-order valence-electron chi connectivity index (χ2n) is 7.04. The van der Waals surface area contributed by atoms with Gasteiger partial charge in [-0.05, 0) is 47.0 Å². The average molecular weight is 314 g/mol. The summed E-state index contributed by atoms with van der Waals surface area (Å²) < 4.78 is 11.3. The summed E-state index contributed by atoms with van der Waals surface area (Å²) in [4.78, 5) is 24.9. The lowest BCUT2D eigenvalue weighted by molar-refractivity contribution is -0.121. The van der Waals surface area contributed by atoms with Crippen LogP contribution in [-0.4, -0.2) is 54.8 Å². The van der Waals surface area contributed by atoms with E-state index in [1.54, 1.807) is 11.9 Å². The van der Waals surface area contributed by atoms with Crippen LogP contribution in [0.1, 0.15) is 53.4 Å². The molecular formula is C16H30N2O4. The van der Waals surface area contributed by atoms with Gasteiger partial charge in [-0.25, -0.2) is 4.79 Å². The highest BCUT2D eigenvalue weighted by Gasteiger charge is 2.34. The molecule has 1 N–H and O–H groups in total. The standard InChI is InChI=1S/C16H30N2O4/c1-15(2,3)22-14(20)18-10-8-16(4,9-11-18)21-12-6-7-13(19)17-5/h6-12H2,1-5H3,(H,17,19). The monoisotopic (exact) mass is 314 g/mol. The van der Waals surface area contributed by atoms with E-state index in [-0.39, 0.29) is 17.6 Å². The van der Waals surface area contributed by atoms with Gasteiger partial charge in [0.1, 0.15) is 5.60 Å². The molecule has 128 valence electrons. The Bertz CT molecular complexity index is 382. The predicted molar refractivity (Wildman–Crippen MR) is 84.7 cm³/mol. The Morgan fingerprint density at radius 3 is 2.32 bits per heavy atom. The van der Waals surface area contributed by atoms with Crippen molar-refractivity contribution in [3.05, 3.63) is 0 Å². The maximum absolute atomic E-state index is 12.0. The zero-order valence-corrected chi connectivity index (χ0v) is 14.5. The molecule has 0 atom stereocenters. The van der Waals surface area contributed by atoms with Crippen molar-refractivity contribution in [2.75, 3.05) is 26.7 Å². The molecule has 0 aromatic heterocycles. The second kappa shape index (κ2) is 7.81. The molecule has 0 spiro atoms. The molecule has 6 heteroatoms. The van der Waals surface area contributed by atoms with Crippen molar-refractivity contribution in [3.8, 4) is 0 Å².